The summed E-state index contributed by atoms with van der Waals surface area (Å²) in [7, 11) is -3.81. The summed E-state index contributed by atoms with van der Waals surface area (Å²) in [6, 6.07) is 3.30. The number of aryl methyl sites for hydroxylation is 1. The molecule has 4 heterocycles. The van der Waals surface area contributed by atoms with Crippen LogP contribution in [0.2, 0.25) is 0 Å². The van der Waals surface area contributed by atoms with E-state index in [1.54, 1.807) is 6.92 Å². The van der Waals surface area contributed by atoms with Crippen LogP contribution in [0.1, 0.15) is 61.6 Å². The predicted octanol–water partition coefficient (Wildman–Crippen LogP) is 3.51. The normalized spacial score (nSPS) is 18.6. The van der Waals surface area contributed by atoms with Crippen molar-refractivity contribution in [2.45, 2.75) is 74.7 Å². The standard InChI is InChI=1S/C27H31FN10O4S2/c1-14-26(43-27(31-14)32-15(2)39)44(41,42)37-18-7-5-17(6-8-18)34-23-11-21(33-16-3-4-16)24-30-13-22(38(24)36-23)25(40)35-20-9-10-29-12-19(20)28/h9-13,16-18,33,37H,3-8H2,1-2H3,(H,34,36)(H,29,35,40)(H,31,32,39)/t17-,18-. The number of nitrogens with one attached hydrogen (secondary N) is 5. The third kappa shape index (κ3) is 6.63. The monoisotopic (exact) mass is 642 g/mol. The fourth-order valence-electron chi connectivity index (χ4n) is 5.08. The Hall–Kier alpha value is -4.22. The van der Waals surface area contributed by atoms with Crippen molar-refractivity contribution in [2.75, 3.05) is 21.3 Å². The van der Waals surface area contributed by atoms with Gasteiger partial charge in [0.05, 0.1) is 29.5 Å². The molecule has 2 aliphatic carbocycles. The molecule has 2 saturated carbocycles. The van der Waals surface area contributed by atoms with Gasteiger partial charge in [0.25, 0.3) is 15.9 Å². The van der Waals surface area contributed by atoms with E-state index in [2.05, 4.69) is 46.0 Å². The van der Waals surface area contributed by atoms with E-state index in [1.165, 1.54) is 29.9 Å². The number of carbonyl (C=O) groups excluding carboxylic acids is 2. The molecule has 5 N–H and O–H groups in total. The Morgan fingerprint density at radius 1 is 1.00 bits per heavy atom. The van der Waals surface area contributed by atoms with Gasteiger partial charge in [-0.05, 0) is 51.5 Å². The number of aromatic nitrogens is 5. The molecule has 6 rings (SSSR count). The number of hydrogen-bond donors (Lipinski definition) is 5. The number of thiazole rings is 1. The van der Waals surface area contributed by atoms with Crippen LogP contribution < -0.4 is 26.0 Å². The topological polar surface area (TPSA) is 184 Å². The van der Waals surface area contributed by atoms with Gasteiger partial charge in [-0.2, -0.15) is 0 Å². The summed E-state index contributed by atoms with van der Waals surface area (Å²) in [6.07, 6.45) is 8.41. The van der Waals surface area contributed by atoms with Gasteiger partial charge in [0.15, 0.2) is 26.5 Å². The van der Waals surface area contributed by atoms with Crippen molar-refractivity contribution >= 4 is 61.1 Å². The van der Waals surface area contributed by atoms with Crippen molar-refractivity contribution in [3.05, 3.63) is 47.9 Å². The fraction of sp³-hybridized carbons (Fsp3) is 0.407. The van der Waals surface area contributed by atoms with Crippen molar-refractivity contribution in [1.29, 1.82) is 0 Å². The zero-order valence-corrected chi connectivity index (χ0v) is 25.6. The SMILES string of the molecule is CC(=O)Nc1nc(C)c(S(=O)(=O)N[C@H]2CC[C@H](Nc3cc(NC4CC4)c4ncc(C(=O)Nc5ccncc5F)n4n3)CC2)s1. The molecular weight excluding hydrogens is 611 g/mol. The first-order valence-corrected chi connectivity index (χ1v) is 16.5. The summed E-state index contributed by atoms with van der Waals surface area (Å²) in [5.74, 6) is -1.02. The van der Waals surface area contributed by atoms with Crippen LogP contribution in [-0.4, -0.2) is 62.9 Å². The molecule has 17 heteroatoms. The van der Waals surface area contributed by atoms with E-state index in [9.17, 15) is 22.4 Å². The molecule has 0 unspecified atom stereocenters. The number of rotatable bonds is 10. The summed E-state index contributed by atoms with van der Waals surface area (Å²) in [6.45, 7) is 2.94. The molecule has 0 radical (unpaired) electrons. The van der Waals surface area contributed by atoms with Crippen LogP contribution in [0.5, 0.6) is 0 Å². The van der Waals surface area contributed by atoms with Crippen molar-refractivity contribution in [1.82, 2.24) is 29.3 Å². The van der Waals surface area contributed by atoms with E-state index >= 15 is 0 Å². The Morgan fingerprint density at radius 2 is 1.70 bits per heavy atom. The molecule has 0 spiro atoms. The average Bonchev–Trinajstić information content (AvgIpc) is 3.54. The van der Waals surface area contributed by atoms with Gasteiger partial charge in [-0.25, -0.2) is 32.0 Å². The van der Waals surface area contributed by atoms with Gasteiger partial charge in [0, 0.05) is 37.3 Å². The lowest BCUT2D eigenvalue weighted by Crippen LogP contribution is -2.40. The number of imidazole rings is 1. The fourth-order valence-corrected chi connectivity index (χ4v) is 7.87. The first-order chi connectivity index (χ1) is 21.1. The van der Waals surface area contributed by atoms with E-state index in [4.69, 9.17) is 0 Å². The Kier molecular flexibility index (Phi) is 8.17. The van der Waals surface area contributed by atoms with E-state index in [-0.39, 0.29) is 38.7 Å². The molecule has 44 heavy (non-hydrogen) atoms. The Morgan fingerprint density at radius 3 is 2.41 bits per heavy atom. The van der Waals surface area contributed by atoms with Crippen LogP contribution in [-0.2, 0) is 14.8 Å². The number of halogens is 1. The van der Waals surface area contributed by atoms with Crippen molar-refractivity contribution < 1.29 is 22.4 Å². The van der Waals surface area contributed by atoms with Crippen LogP contribution in [0.15, 0.2) is 34.9 Å². The number of nitrogens with zero attached hydrogens (tertiary/aromatic N) is 5. The number of anilines is 4. The summed E-state index contributed by atoms with van der Waals surface area (Å²) < 4.78 is 44.6. The first-order valence-electron chi connectivity index (χ1n) is 14.2. The van der Waals surface area contributed by atoms with Gasteiger partial charge in [0.1, 0.15) is 5.82 Å². The van der Waals surface area contributed by atoms with Gasteiger partial charge in [-0.3, -0.25) is 14.6 Å². The number of pyridine rings is 1. The van der Waals surface area contributed by atoms with E-state index in [1.807, 2.05) is 6.07 Å². The van der Waals surface area contributed by atoms with Crippen LogP contribution in [0.3, 0.4) is 0 Å². The molecule has 4 aromatic rings. The molecule has 0 bridgehead atoms. The highest BCUT2D eigenvalue weighted by molar-refractivity contribution is 7.91. The zero-order valence-electron chi connectivity index (χ0n) is 23.9. The summed E-state index contributed by atoms with van der Waals surface area (Å²) >= 11 is 0.924. The highest BCUT2D eigenvalue weighted by Crippen LogP contribution is 2.31. The molecule has 232 valence electrons. The lowest BCUT2D eigenvalue weighted by molar-refractivity contribution is -0.114. The Balaban J connectivity index is 1.14. The number of amides is 2. The molecule has 0 atom stereocenters. The molecule has 2 amide bonds. The summed E-state index contributed by atoms with van der Waals surface area (Å²) in [4.78, 5) is 36.7. The van der Waals surface area contributed by atoms with Crippen LogP contribution in [0, 0.1) is 12.7 Å². The summed E-state index contributed by atoms with van der Waals surface area (Å²) in [5.41, 5.74) is 1.66. The lowest BCUT2D eigenvalue weighted by Gasteiger charge is -2.29. The quantitative estimate of drug-likeness (QED) is 0.172. The molecule has 0 aromatic carbocycles. The number of sulfonamides is 1. The van der Waals surface area contributed by atoms with E-state index in [0.29, 0.717) is 48.9 Å². The second-order valence-electron chi connectivity index (χ2n) is 10.9. The molecule has 2 aliphatic rings. The lowest BCUT2D eigenvalue weighted by atomic mass is 9.92. The van der Waals surface area contributed by atoms with E-state index < -0.39 is 21.7 Å². The minimum atomic E-state index is -3.81. The molecule has 14 nitrogen and oxygen atoms in total. The van der Waals surface area contributed by atoms with Gasteiger partial charge >= 0.3 is 0 Å². The molecule has 0 aliphatic heterocycles. The average molecular weight is 643 g/mol. The maximum atomic E-state index is 14.1. The predicted molar refractivity (Wildman–Crippen MR) is 163 cm³/mol. The van der Waals surface area contributed by atoms with Crippen molar-refractivity contribution in [2.24, 2.45) is 0 Å². The first kappa shape index (κ1) is 29.8. The number of carbonyl (C=O) groups is 2. The Bertz CT molecular complexity index is 1830. The Labute approximate surface area is 256 Å². The van der Waals surface area contributed by atoms with Gasteiger partial charge in [0.2, 0.25) is 5.91 Å². The smallest absolute Gasteiger partial charge is 0.276 e. The minimum Gasteiger partial charge on any atom is -0.379 e. The number of fused-ring (bicyclic) bond motifs is 1. The van der Waals surface area contributed by atoms with Gasteiger partial charge in [-0.15, -0.1) is 5.10 Å². The largest absolute Gasteiger partial charge is 0.379 e. The van der Waals surface area contributed by atoms with E-state index in [0.717, 1.165) is 36.1 Å². The van der Waals surface area contributed by atoms with Crippen LogP contribution in [0.4, 0.5) is 26.7 Å². The van der Waals surface area contributed by atoms with Gasteiger partial charge in [-0.1, -0.05) is 11.3 Å². The zero-order chi connectivity index (χ0) is 31.0. The highest BCUT2D eigenvalue weighted by atomic mass is 32.2. The molecule has 4 aromatic heterocycles. The van der Waals surface area contributed by atoms with Crippen molar-refractivity contribution in [3.63, 3.8) is 0 Å². The molecule has 2 fully saturated rings. The van der Waals surface area contributed by atoms with Crippen LogP contribution in [0.25, 0.3) is 5.65 Å². The second-order valence-corrected chi connectivity index (χ2v) is 13.8. The second kappa shape index (κ2) is 12.0. The molecular formula is C27H31FN10O4S2. The maximum Gasteiger partial charge on any atom is 0.276 e. The summed E-state index contributed by atoms with van der Waals surface area (Å²) in [5, 5.41) is 16.9. The highest BCUT2D eigenvalue weighted by Gasteiger charge is 2.30. The third-order valence-electron chi connectivity index (χ3n) is 7.34. The molecule has 0 saturated heterocycles. The van der Waals surface area contributed by atoms with Crippen molar-refractivity contribution in [3.8, 4) is 0 Å². The van der Waals surface area contributed by atoms with Crippen LogP contribution >= 0.6 is 11.3 Å². The third-order valence-corrected chi connectivity index (χ3v) is 10.5. The number of hydrogen-bond acceptors (Lipinski definition) is 11. The van der Waals surface area contributed by atoms with Gasteiger partial charge < -0.3 is 21.3 Å². The maximum absolute atomic E-state index is 14.1. The minimum absolute atomic E-state index is 0.00314.